The first-order chi connectivity index (χ1) is 16.0. The van der Waals surface area contributed by atoms with Gasteiger partial charge >= 0.3 is 0 Å². The molecule has 5 rings (SSSR count). The van der Waals surface area contributed by atoms with Gasteiger partial charge in [0.1, 0.15) is 29.1 Å². The average Bonchev–Trinajstić information content (AvgIpc) is 3.20. The Balaban J connectivity index is 1.45. The van der Waals surface area contributed by atoms with E-state index in [1.807, 2.05) is 0 Å². The topological polar surface area (TPSA) is 115 Å². The Labute approximate surface area is 189 Å². The fourth-order valence-electron chi connectivity index (χ4n) is 4.31. The average molecular weight is 455 g/mol. The number of aromatic nitrogens is 4. The molecule has 10 nitrogen and oxygen atoms in total. The Kier molecular flexibility index (Phi) is 5.49. The van der Waals surface area contributed by atoms with E-state index in [1.54, 1.807) is 43.1 Å². The molecule has 0 bridgehead atoms. The second kappa shape index (κ2) is 8.47. The predicted molar refractivity (Wildman–Crippen MR) is 121 cm³/mol. The fraction of sp³-hybridized carbons (Fsp3) is 0.455. The molecule has 2 aliphatic carbocycles. The van der Waals surface area contributed by atoms with Crippen molar-refractivity contribution in [2.45, 2.75) is 50.0 Å². The van der Waals surface area contributed by atoms with Gasteiger partial charge in [0, 0.05) is 32.5 Å². The Hall–Kier alpha value is -3.47. The summed E-state index contributed by atoms with van der Waals surface area (Å²) in [6, 6.07) is 4.92. The molecule has 0 aliphatic heterocycles. The number of nitrogens with one attached hydrogen (secondary N) is 3. The molecule has 1 amide bonds. The van der Waals surface area contributed by atoms with Gasteiger partial charge in [0.2, 0.25) is 0 Å². The van der Waals surface area contributed by atoms with Crippen LogP contribution >= 0.6 is 0 Å². The third-order valence-electron chi connectivity index (χ3n) is 6.49. The summed E-state index contributed by atoms with van der Waals surface area (Å²) in [6.07, 6.45) is 4.76. The minimum atomic E-state index is -0.855. The number of alkyl halides is 1. The molecule has 3 aromatic rings. The summed E-state index contributed by atoms with van der Waals surface area (Å²) in [5.41, 5.74) is 0.752. The summed E-state index contributed by atoms with van der Waals surface area (Å²) in [7, 11) is 3.37. The van der Waals surface area contributed by atoms with Crippen molar-refractivity contribution >= 4 is 28.9 Å². The Morgan fingerprint density at radius 3 is 2.79 bits per heavy atom. The van der Waals surface area contributed by atoms with Crippen LogP contribution in [0.1, 0.15) is 42.1 Å². The molecule has 2 fully saturated rings. The monoisotopic (exact) mass is 455 g/mol. The molecule has 0 aromatic carbocycles. The van der Waals surface area contributed by atoms with E-state index in [0.717, 1.165) is 12.8 Å². The van der Waals surface area contributed by atoms with Gasteiger partial charge in [-0.2, -0.15) is 9.61 Å². The maximum absolute atomic E-state index is 13.3. The summed E-state index contributed by atoms with van der Waals surface area (Å²) in [5, 5.41) is 13.4. The van der Waals surface area contributed by atoms with Gasteiger partial charge in [0.05, 0.1) is 18.3 Å². The number of fused-ring (bicyclic) bond motifs is 1. The highest BCUT2D eigenvalue weighted by molar-refractivity contribution is 6.00. The Bertz CT molecular complexity index is 1250. The number of pyridine rings is 1. The van der Waals surface area contributed by atoms with Gasteiger partial charge < -0.3 is 25.3 Å². The van der Waals surface area contributed by atoms with Crippen molar-refractivity contribution in [2.75, 3.05) is 24.8 Å². The van der Waals surface area contributed by atoms with Gasteiger partial charge in [-0.15, -0.1) is 0 Å². The van der Waals surface area contributed by atoms with Gasteiger partial charge in [0.25, 0.3) is 11.5 Å². The maximum atomic E-state index is 13.3. The zero-order chi connectivity index (χ0) is 23.1. The third kappa shape index (κ3) is 3.82. The maximum Gasteiger partial charge on any atom is 0.274 e. The molecule has 2 atom stereocenters. The molecule has 2 saturated carbocycles. The molecule has 3 heterocycles. The lowest BCUT2D eigenvalue weighted by atomic mass is 9.89. The Morgan fingerprint density at radius 1 is 1.30 bits per heavy atom. The molecular weight excluding hydrogens is 429 g/mol. The van der Waals surface area contributed by atoms with E-state index in [0.29, 0.717) is 41.4 Å². The second-order valence-electron chi connectivity index (χ2n) is 8.48. The number of halogens is 1. The van der Waals surface area contributed by atoms with E-state index in [2.05, 4.69) is 26.0 Å². The molecule has 0 spiro atoms. The number of hydrogen-bond acceptors (Lipinski definition) is 7. The molecular formula is C22H26FN7O3. The van der Waals surface area contributed by atoms with Crippen LogP contribution in [-0.2, 0) is 4.74 Å². The van der Waals surface area contributed by atoms with Gasteiger partial charge in [-0.05, 0) is 37.8 Å². The van der Waals surface area contributed by atoms with Crippen LogP contribution in [-0.4, -0.2) is 57.5 Å². The Morgan fingerprint density at radius 2 is 2.12 bits per heavy atom. The summed E-state index contributed by atoms with van der Waals surface area (Å²) < 4.78 is 21.7. The number of carbonyl (C=O) groups is 1. The number of anilines is 3. The number of carbonyl (C=O) groups excluding carboxylic acids is 1. The van der Waals surface area contributed by atoms with Crippen LogP contribution in [0, 0.1) is 0 Å². The van der Waals surface area contributed by atoms with Crippen LogP contribution in [0.4, 0.5) is 21.7 Å². The number of methoxy groups -OCH3 is 1. The first kappa shape index (κ1) is 21.4. The summed E-state index contributed by atoms with van der Waals surface area (Å²) >= 11 is 0. The van der Waals surface area contributed by atoms with Gasteiger partial charge in [0.15, 0.2) is 5.65 Å². The minimum Gasteiger partial charge on any atom is -0.379 e. The van der Waals surface area contributed by atoms with Crippen LogP contribution in [0.2, 0.25) is 0 Å². The van der Waals surface area contributed by atoms with E-state index in [1.165, 1.54) is 10.7 Å². The lowest BCUT2D eigenvalue weighted by Gasteiger charge is -2.35. The van der Waals surface area contributed by atoms with Crippen molar-refractivity contribution < 1.29 is 13.9 Å². The SMILES string of the molecule is CNc1cc(Nc2cccn(C3CC(F)C3)c2=O)nc2c(C(=O)NC3CC[C@H]3OC)cnn12. The van der Waals surface area contributed by atoms with E-state index >= 15 is 0 Å². The minimum absolute atomic E-state index is 0.0115. The highest BCUT2D eigenvalue weighted by Gasteiger charge is 2.33. The van der Waals surface area contributed by atoms with Crippen LogP contribution in [0.5, 0.6) is 0 Å². The van der Waals surface area contributed by atoms with E-state index in [9.17, 15) is 14.0 Å². The number of rotatable bonds is 7. The molecule has 2 aliphatic rings. The number of hydrogen-bond donors (Lipinski definition) is 3. The molecule has 33 heavy (non-hydrogen) atoms. The van der Waals surface area contributed by atoms with Crippen LogP contribution in [0.15, 0.2) is 35.4 Å². The first-order valence-corrected chi connectivity index (χ1v) is 11.0. The highest BCUT2D eigenvalue weighted by atomic mass is 19.1. The lowest BCUT2D eigenvalue weighted by Crippen LogP contribution is -2.51. The predicted octanol–water partition coefficient (Wildman–Crippen LogP) is 2.26. The number of ether oxygens (including phenoxy) is 1. The van der Waals surface area contributed by atoms with Crippen LogP contribution < -0.4 is 21.5 Å². The van der Waals surface area contributed by atoms with Gasteiger partial charge in [-0.3, -0.25) is 9.59 Å². The molecule has 1 unspecified atom stereocenters. The molecule has 174 valence electrons. The van der Waals surface area contributed by atoms with Crippen molar-refractivity contribution in [2.24, 2.45) is 0 Å². The third-order valence-corrected chi connectivity index (χ3v) is 6.49. The molecule has 0 saturated heterocycles. The van der Waals surface area contributed by atoms with Crippen LogP contribution in [0.3, 0.4) is 0 Å². The van der Waals surface area contributed by atoms with E-state index < -0.39 is 6.17 Å². The summed E-state index contributed by atoms with van der Waals surface area (Å²) in [5.74, 6) is 0.693. The molecule has 3 aromatic heterocycles. The lowest BCUT2D eigenvalue weighted by molar-refractivity contribution is 0.00732. The number of nitrogens with zero attached hydrogens (tertiary/aromatic N) is 4. The van der Waals surface area contributed by atoms with Crippen LogP contribution in [0.25, 0.3) is 5.65 Å². The summed E-state index contributed by atoms with van der Waals surface area (Å²) in [4.78, 5) is 30.4. The van der Waals surface area contributed by atoms with Gasteiger partial charge in [-0.1, -0.05) is 0 Å². The van der Waals surface area contributed by atoms with Crippen molar-refractivity contribution in [3.05, 3.63) is 46.5 Å². The van der Waals surface area contributed by atoms with Crippen molar-refractivity contribution in [3.63, 3.8) is 0 Å². The molecule has 3 N–H and O–H groups in total. The van der Waals surface area contributed by atoms with Gasteiger partial charge in [-0.25, -0.2) is 9.37 Å². The second-order valence-corrected chi connectivity index (χ2v) is 8.48. The zero-order valence-electron chi connectivity index (χ0n) is 18.4. The standard InChI is InChI=1S/C22H26FN7O3/c1-24-19-10-18(26-16-4-3-7-29(22(16)32)13-8-12(23)9-13)28-20-14(11-25-30(19)20)21(31)27-15-5-6-17(15)33-2/h3-4,7,10-13,15,17,24H,5-6,8-9H2,1-2H3,(H,26,28)(H,27,31)/t12?,13?,15?,17-/m1/s1. The fourth-order valence-corrected chi connectivity index (χ4v) is 4.31. The van der Waals surface area contributed by atoms with Crippen molar-refractivity contribution in [3.8, 4) is 0 Å². The summed E-state index contributed by atoms with van der Waals surface area (Å²) in [6.45, 7) is 0. The smallest absolute Gasteiger partial charge is 0.274 e. The van der Waals surface area contributed by atoms with E-state index in [-0.39, 0.29) is 29.7 Å². The first-order valence-electron chi connectivity index (χ1n) is 11.0. The normalized spacial score (nSPS) is 24.1. The number of amides is 1. The van der Waals surface area contributed by atoms with E-state index in [4.69, 9.17) is 4.74 Å². The van der Waals surface area contributed by atoms with Crippen molar-refractivity contribution in [1.82, 2.24) is 24.5 Å². The quantitative estimate of drug-likeness (QED) is 0.501. The largest absolute Gasteiger partial charge is 0.379 e. The zero-order valence-corrected chi connectivity index (χ0v) is 18.4. The molecule has 11 heteroatoms. The van der Waals surface area contributed by atoms with Crippen molar-refractivity contribution in [1.29, 1.82) is 0 Å². The highest BCUT2D eigenvalue weighted by Crippen LogP contribution is 2.33. The molecule has 0 radical (unpaired) electrons.